The first-order chi connectivity index (χ1) is 8.84. The van der Waals surface area contributed by atoms with Crippen molar-refractivity contribution in [1.29, 1.82) is 0 Å². The van der Waals surface area contributed by atoms with E-state index in [4.69, 9.17) is 4.74 Å². The Labute approximate surface area is 111 Å². The van der Waals surface area contributed by atoms with E-state index >= 15 is 0 Å². The van der Waals surface area contributed by atoms with Gasteiger partial charge in [-0.2, -0.15) is 13.2 Å². The molecule has 3 nitrogen and oxygen atoms in total. The van der Waals surface area contributed by atoms with E-state index in [-0.39, 0.29) is 12.4 Å². The molecule has 0 bridgehead atoms. The van der Waals surface area contributed by atoms with Crippen molar-refractivity contribution >= 4 is 0 Å². The third kappa shape index (κ3) is 5.08. The first kappa shape index (κ1) is 15.8. The minimum Gasteiger partial charge on any atom is -0.492 e. The van der Waals surface area contributed by atoms with E-state index in [2.05, 4.69) is 5.32 Å². The summed E-state index contributed by atoms with van der Waals surface area (Å²) in [4.78, 5) is 1.85. The molecule has 0 heterocycles. The Morgan fingerprint density at radius 2 is 1.95 bits per heavy atom. The van der Waals surface area contributed by atoms with Crippen LogP contribution in [-0.2, 0) is 12.7 Å². The van der Waals surface area contributed by atoms with E-state index in [1.54, 1.807) is 13.1 Å². The number of nitrogens with one attached hydrogen (secondary N) is 1. The lowest BCUT2D eigenvalue weighted by molar-refractivity contribution is -0.139. The van der Waals surface area contributed by atoms with E-state index in [0.717, 1.165) is 6.07 Å². The van der Waals surface area contributed by atoms with Gasteiger partial charge in [-0.3, -0.25) is 0 Å². The van der Waals surface area contributed by atoms with Crippen molar-refractivity contribution in [3.8, 4) is 5.75 Å². The van der Waals surface area contributed by atoms with E-state index in [1.165, 1.54) is 6.07 Å². The van der Waals surface area contributed by atoms with Gasteiger partial charge in [-0.1, -0.05) is 6.07 Å². The summed E-state index contributed by atoms with van der Waals surface area (Å²) in [5, 5.41) is 2.83. The number of halogens is 3. The maximum absolute atomic E-state index is 12.9. The van der Waals surface area contributed by atoms with Crippen LogP contribution in [0.3, 0.4) is 0 Å². The van der Waals surface area contributed by atoms with Crippen molar-refractivity contribution in [2.24, 2.45) is 0 Å². The molecule has 0 fully saturated rings. The lowest BCUT2D eigenvalue weighted by atomic mass is 10.1. The molecule has 1 aromatic rings. The monoisotopic (exact) mass is 276 g/mol. The quantitative estimate of drug-likeness (QED) is 0.863. The van der Waals surface area contributed by atoms with Crippen LogP contribution in [0.4, 0.5) is 13.2 Å². The second-order valence-electron chi connectivity index (χ2n) is 4.51. The fraction of sp³-hybridized carbons (Fsp3) is 0.538. The van der Waals surface area contributed by atoms with Gasteiger partial charge in [-0.25, -0.2) is 0 Å². The van der Waals surface area contributed by atoms with Crippen molar-refractivity contribution in [3.05, 3.63) is 29.3 Å². The van der Waals surface area contributed by atoms with E-state index in [9.17, 15) is 13.2 Å². The molecule has 0 amide bonds. The van der Waals surface area contributed by atoms with Gasteiger partial charge in [0.2, 0.25) is 0 Å². The summed E-state index contributed by atoms with van der Waals surface area (Å²) in [5.74, 6) is -0.116. The number of benzene rings is 1. The molecule has 108 valence electrons. The molecular formula is C13H19F3N2O. The summed E-state index contributed by atoms with van der Waals surface area (Å²) in [6.45, 7) is 1.18. The normalized spacial score (nSPS) is 11.9. The Bertz CT molecular complexity index is 405. The van der Waals surface area contributed by atoms with E-state index in [0.29, 0.717) is 18.7 Å². The van der Waals surface area contributed by atoms with E-state index in [1.807, 2.05) is 19.0 Å². The van der Waals surface area contributed by atoms with Crippen LogP contribution in [0.2, 0.25) is 0 Å². The number of nitrogens with zero attached hydrogens (tertiary/aromatic N) is 1. The Balaban J connectivity index is 2.90. The van der Waals surface area contributed by atoms with Gasteiger partial charge < -0.3 is 15.0 Å². The van der Waals surface area contributed by atoms with Crippen LogP contribution in [0.15, 0.2) is 18.2 Å². The number of hydrogen-bond acceptors (Lipinski definition) is 3. The predicted octanol–water partition coefficient (Wildman–Crippen LogP) is 2.37. The summed E-state index contributed by atoms with van der Waals surface area (Å²) in [6, 6.07) is 4.14. The van der Waals surface area contributed by atoms with Crippen LogP contribution in [0, 0.1) is 0 Å². The number of rotatable bonds is 6. The zero-order chi connectivity index (χ0) is 14.5. The van der Waals surface area contributed by atoms with Crippen LogP contribution in [0.25, 0.3) is 0 Å². The van der Waals surface area contributed by atoms with Crippen LogP contribution in [0.5, 0.6) is 5.75 Å². The van der Waals surface area contributed by atoms with E-state index < -0.39 is 11.7 Å². The lowest BCUT2D eigenvalue weighted by Crippen LogP contribution is -2.20. The lowest BCUT2D eigenvalue weighted by Gasteiger charge is -2.16. The van der Waals surface area contributed by atoms with Crippen molar-refractivity contribution < 1.29 is 17.9 Å². The molecule has 19 heavy (non-hydrogen) atoms. The molecule has 0 aromatic heterocycles. The van der Waals surface area contributed by atoms with Gasteiger partial charge in [0.05, 0.1) is 5.56 Å². The van der Waals surface area contributed by atoms with Gasteiger partial charge >= 0.3 is 6.18 Å². The Morgan fingerprint density at radius 3 is 2.47 bits per heavy atom. The van der Waals surface area contributed by atoms with Crippen LogP contribution in [0.1, 0.15) is 11.1 Å². The molecule has 0 aliphatic carbocycles. The fourth-order valence-corrected chi connectivity index (χ4v) is 1.58. The van der Waals surface area contributed by atoms with Crippen molar-refractivity contribution in [1.82, 2.24) is 10.2 Å². The van der Waals surface area contributed by atoms with Gasteiger partial charge in [0.15, 0.2) is 0 Å². The smallest absolute Gasteiger partial charge is 0.419 e. The molecule has 0 atom stereocenters. The molecule has 6 heteroatoms. The average molecular weight is 276 g/mol. The molecule has 0 radical (unpaired) electrons. The third-order valence-corrected chi connectivity index (χ3v) is 2.53. The molecule has 0 spiro atoms. The largest absolute Gasteiger partial charge is 0.492 e. The zero-order valence-corrected chi connectivity index (χ0v) is 11.3. The molecule has 1 rings (SSSR count). The van der Waals surface area contributed by atoms with Gasteiger partial charge in [-0.05, 0) is 38.8 Å². The van der Waals surface area contributed by atoms with Crippen LogP contribution < -0.4 is 10.1 Å². The maximum Gasteiger partial charge on any atom is 0.419 e. The zero-order valence-electron chi connectivity index (χ0n) is 11.3. The summed E-state index contributed by atoms with van der Waals surface area (Å²) in [5.41, 5.74) is -0.145. The minimum absolute atomic E-state index is 0.116. The maximum atomic E-state index is 12.9. The second kappa shape index (κ2) is 6.77. The molecule has 0 aliphatic heterocycles. The summed E-state index contributed by atoms with van der Waals surface area (Å²) in [7, 11) is 5.36. The summed E-state index contributed by atoms with van der Waals surface area (Å²) < 4.78 is 44.1. The topological polar surface area (TPSA) is 24.5 Å². The Morgan fingerprint density at radius 1 is 1.26 bits per heavy atom. The highest BCUT2D eigenvalue weighted by Gasteiger charge is 2.34. The number of hydrogen-bond donors (Lipinski definition) is 1. The number of ether oxygens (including phenoxy) is 1. The Hall–Kier alpha value is -1.27. The average Bonchev–Trinajstić information content (AvgIpc) is 2.29. The predicted molar refractivity (Wildman–Crippen MR) is 68.3 cm³/mol. The first-order valence-corrected chi connectivity index (χ1v) is 5.97. The highest BCUT2D eigenvalue weighted by molar-refractivity contribution is 5.39. The van der Waals surface area contributed by atoms with Crippen molar-refractivity contribution in [2.45, 2.75) is 12.7 Å². The van der Waals surface area contributed by atoms with Gasteiger partial charge in [0, 0.05) is 13.1 Å². The Kier molecular flexibility index (Phi) is 5.62. The van der Waals surface area contributed by atoms with Crippen LogP contribution in [-0.4, -0.2) is 39.2 Å². The fourth-order valence-electron chi connectivity index (χ4n) is 1.58. The summed E-state index contributed by atoms with van der Waals surface area (Å²) in [6.07, 6.45) is -4.41. The second-order valence-corrected chi connectivity index (χ2v) is 4.51. The molecule has 1 aromatic carbocycles. The van der Waals surface area contributed by atoms with Gasteiger partial charge in [-0.15, -0.1) is 0 Å². The molecule has 0 saturated heterocycles. The molecule has 1 N–H and O–H groups in total. The first-order valence-electron chi connectivity index (χ1n) is 5.97. The van der Waals surface area contributed by atoms with Gasteiger partial charge in [0.1, 0.15) is 12.4 Å². The van der Waals surface area contributed by atoms with Crippen molar-refractivity contribution in [2.75, 3.05) is 34.3 Å². The third-order valence-electron chi connectivity index (χ3n) is 2.53. The molecule has 0 unspecified atom stereocenters. The molecule has 0 aliphatic rings. The highest BCUT2D eigenvalue weighted by atomic mass is 19.4. The highest BCUT2D eigenvalue weighted by Crippen LogP contribution is 2.36. The van der Waals surface area contributed by atoms with Crippen molar-refractivity contribution in [3.63, 3.8) is 0 Å². The molecule has 0 saturated carbocycles. The minimum atomic E-state index is -4.41. The standard InChI is InChI=1S/C13H19F3N2O/c1-17-9-10-4-5-12(19-7-6-18(2)3)11(8-10)13(14,15)16/h4-5,8,17H,6-7,9H2,1-3H3. The van der Waals surface area contributed by atoms with Gasteiger partial charge in [0.25, 0.3) is 0 Å². The molecular weight excluding hydrogens is 257 g/mol. The SMILES string of the molecule is CNCc1ccc(OCCN(C)C)c(C(F)(F)F)c1. The number of likely N-dealkylation sites (N-methyl/N-ethyl adjacent to an activating group) is 1. The summed E-state index contributed by atoms with van der Waals surface area (Å²) >= 11 is 0. The number of alkyl halides is 3. The van der Waals surface area contributed by atoms with Crippen LogP contribution >= 0.6 is 0 Å².